The third-order valence-electron chi connectivity index (χ3n) is 6.45. The van der Waals surface area contributed by atoms with Crippen LogP contribution in [0.5, 0.6) is 0 Å². The molecular weight excluding hydrogens is 420 g/mol. The van der Waals surface area contributed by atoms with Crippen LogP contribution in [0.3, 0.4) is 0 Å². The zero-order valence-electron chi connectivity index (χ0n) is 17.1. The van der Waals surface area contributed by atoms with Crippen LogP contribution in [0.4, 0.5) is 5.69 Å². The van der Waals surface area contributed by atoms with Crippen molar-refractivity contribution in [3.8, 4) is 0 Å². The van der Waals surface area contributed by atoms with Crippen LogP contribution < -0.4 is 4.31 Å². The molecule has 2 aromatic rings. The van der Waals surface area contributed by atoms with Gasteiger partial charge >= 0.3 is 0 Å². The van der Waals surface area contributed by atoms with Crippen molar-refractivity contribution in [3.05, 3.63) is 59.1 Å². The molecule has 2 aliphatic rings. The summed E-state index contributed by atoms with van der Waals surface area (Å²) < 4.78 is 27.6. The Morgan fingerprint density at radius 3 is 2.50 bits per heavy atom. The van der Waals surface area contributed by atoms with E-state index >= 15 is 0 Å². The molecule has 0 bridgehead atoms. The van der Waals surface area contributed by atoms with Crippen molar-refractivity contribution in [2.45, 2.75) is 49.5 Å². The standard InChI is InChI=1S/C23H27ClN2O3S/c1-25(18-10-3-2-4-11-18)30(28,29)19-13-14-21(24)20(16-19)23(27)26-15-7-9-17-8-5-6-12-22(17)26/h2-4,10-11,13-14,16-17,22H,5-9,12,15H2,1H3. The molecule has 0 radical (unpaired) electrons. The minimum atomic E-state index is -3.81. The zero-order chi connectivity index (χ0) is 21.3. The van der Waals surface area contributed by atoms with Crippen molar-refractivity contribution in [2.24, 2.45) is 5.92 Å². The van der Waals surface area contributed by atoms with Gasteiger partial charge in [0.25, 0.3) is 15.9 Å². The predicted molar refractivity (Wildman–Crippen MR) is 119 cm³/mol. The summed E-state index contributed by atoms with van der Waals surface area (Å²) in [4.78, 5) is 15.4. The van der Waals surface area contributed by atoms with Gasteiger partial charge in [-0.3, -0.25) is 9.10 Å². The van der Waals surface area contributed by atoms with Crippen molar-refractivity contribution in [2.75, 3.05) is 17.9 Å². The number of halogens is 1. The number of carbonyl (C=O) groups excluding carboxylic acids is 1. The largest absolute Gasteiger partial charge is 0.335 e. The lowest BCUT2D eigenvalue weighted by Crippen LogP contribution is -2.49. The molecule has 2 aromatic carbocycles. The summed E-state index contributed by atoms with van der Waals surface area (Å²) >= 11 is 6.38. The Labute approximate surface area is 183 Å². The lowest BCUT2D eigenvalue weighted by atomic mass is 9.78. The summed E-state index contributed by atoms with van der Waals surface area (Å²) in [6, 6.07) is 13.5. The highest BCUT2D eigenvalue weighted by Gasteiger charge is 2.37. The summed E-state index contributed by atoms with van der Waals surface area (Å²) in [7, 11) is -2.30. The minimum absolute atomic E-state index is 0.0683. The van der Waals surface area contributed by atoms with Gasteiger partial charge in [0.15, 0.2) is 0 Å². The molecule has 2 unspecified atom stereocenters. The average molecular weight is 447 g/mol. The minimum Gasteiger partial charge on any atom is -0.335 e. The molecule has 5 nitrogen and oxygen atoms in total. The number of rotatable bonds is 4. The van der Waals surface area contributed by atoms with Gasteiger partial charge in [-0.15, -0.1) is 0 Å². The van der Waals surface area contributed by atoms with Crippen LogP contribution in [0, 0.1) is 5.92 Å². The van der Waals surface area contributed by atoms with Crippen molar-refractivity contribution in [1.82, 2.24) is 4.90 Å². The summed E-state index contributed by atoms with van der Waals surface area (Å²) in [5.74, 6) is 0.391. The van der Waals surface area contributed by atoms with Crippen molar-refractivity contribution in [1.29, 1.82) is 0 Å². The van der Waals surface area contributed by atoms with Crippen molar-refractivity contribution < 1.29 is 13.2 Å². The second kappa shape index (κ2) is 8.60. The average Bonchev–Trinajstić information content (AvgIpc) is 2.78. The normalized spacial score (nSPS) is 21.7. The van der Waals surface area contributed by atoms with Gasteiger partial charge in [-0.2, -0.15) is 0 Å². The fraction of sp³-hybridized carbons (Fsp3) is 0.435. The number of likely N-dealkylation sites (tertiary alicyclic amines) is 1. The molecule has 0 spiro atoms. The van der Waals surface area contributed by atoms with E-state index < -0.39 is 10.0 Å². The van der Waals surface area contributed by atoms with Crippen LogP contribution in [-0.4, -0.2) is 38.9 Å². The van der Waals surface area contributed by atoms with E-state index in [1.54, 1.807) is 24.3 Å². The van der Waals surface area contributed by atoms with E-state index in [0.29, 0.717) is 23.2 Å². The fourth-order valence-corrected chi connectivity index (χ4v) is 6.22. The highest BCUT2D eigenvalue weighted by atomic mass is 35.5. The van der Waals surface area contributed by atoms with Gasteiger partial charge in [0, 0.05) is 19.6 Å². The number of carbonyl (C=O) groups is 1. The predicted octanol–water partition coefficient (Wildman–Crippen LogP) is 4.96. The van der Waals surface area contributed by atoms with E-state index in [2.05, 4.69) is 0 Å². The molecule has 2 atom stereocenters. The van der Waals surface area contributed by atoms with Crippen LogP contribution >= 0.6 is 11.6 Å². The Morgan fingerprint density at radius 1 is 1.03 bits per heavy atom. The van der Waals surface area contributed by atoms with Crippen molar-refractivity contribution >= 4 is 33.2 Å². The number of piperidine rings is 1. The van der Waals surface area contributed by atoms with Gasteiger partial charge < -0.3 is 4.90 Å². The summed E-state index contributed by atoms with van der Waals surface area (Å²) in [5, 5.41) is 0.291. The molecule has 2 fully saturated rings. The van der Waals surface area contributed by atoms with Crippen LogP contribution in [0.25, 0.3) is 0 Å². The van der Waals surface area contributed by atoms with Gasteiger partial charge in [-0.25, -0.2) is 8.42 Å². The molecule has 160 valence electrons. The lowest BCUT2D eigenvalue weighted by Gasteiger charge is -2.44. The molecule has 1 aliphatic heterocycles. The first-order valence-corrected chi connectivity index (χ1v) is 12.4. The first-order valence-electron chi connectivity index (χ1n) is 10.5. The Bertz CT molecular complexity index is 1020. The quantitative estimate of drug-likeness (QED) is 0.666. The van der Waals surface area contributed by atoms with E-state index in [-0.39, 0.29) is 22.4 Å². The van der Waals surface area contributed by atoms with Crippen molar-refractivity contribution in [3.63, 3.8) is 0 Å². The van der Waals surface area contributed by atoms with Gasteiger partial charge in [0.05, 0.1) is 21.2 Å². The molecular formula is C23H27ClN2O3S. The first kappa shape index (κ1) is 21.2. The maximum absolute atomic E-state index is 13.4. The summed E-state index contributed by atoms with van der Waals surface area (Å²) in [6.07, 6.45) is 6.69. The molecule has 7 heteroatoms. The highest BCUT2D eigenvalue weighted by molar-refractivity contribution is 7.92. The number of para-hydroxylation sites is 1. The SMILES string of the molecule is CN(c1ccccc1)S(=O)(=O)c1ccc(Cl)c(C(=O)N2CCCC3CCCCC32)c1. The van der Waals surface area contributed by atoms with Gasteiger partial charge in [0.2, 0.25) is 0 Å². The molecule has 4 rings (SSSR count). The molecule has 1 aliphatic carbocycles. The molecule has 30 heavy (non-hydrogen) atoms. The molecule has 0 N–H and O–H groups in total. The van der Waals surface area contributed by atoms with Crippen LogP contribution in [0.15, 0.2) is 53.4 Å². The van der Waals surface area contributed by atoms with Crippen LogP contribution in [-0.2, 0) is 10.0 Å². The molecule has 1 saturated carbocycles. The Hall–Kier alpha value is -2.05. The molecule has 0 aromatic heterocycles. The second-order valence-corrected chi connectivity index (χ2v) is 10.6. The molecule has 1 saturated heterocycles. The Kier molecular flexibility index (Phi) is 6.07. The maximum atomic E-state index is 13.4. The van der Waals surface area contributed by atoms with E-state index in [9.17, 15) is 13.2 Å². The summed E-state index contributed by atoms with van der Waals surface area (Å²) in [6.45, 7) is 0.706. The monoisotopic (exact) mass is 446 g/mol. The smallest absolute Gasteiger partial charge is 0.264 e. The number of sulfonamides is 1. The first-order chi connectivity index (χ1) is 14.4. The Balaban J connectivity index is 1.65. The fourth-order valence-electron chi connectivity index (χ4n) is 4.80. The van der Waals surface area contributed by atoms with Gasteiger partial charge in [-0.05, 0) is 61.9 Å². The lowest BCUT2D eigenvalue weighted by molar-refractivity contribution is 0.0390. The van der Waals surface area contributed by atoms with Crippen LogP contribution in [0.2, 0.25) is 5.02 Å². The summed E-state index contributed by atoms with van der Waals surface area (Å²) in [5.41, 5.74) is 0.826. The number of amides is 1. The number of benzene rings is 2. The third kappa shape index (κ3) is 3.95. The number of hydrogen-bond donors (Lipinski definition) is 0. The van der Waals surface area contributed by atoms with E-state index in [1.165, 1.54) is 48.8 Å². The number of anilines is 1. The van der Waals surface area contributed by atoms with E-state index in [1.807, 2.05) is 11.0 Å². The van der Waals surface area contributed by atoms with Gasteiger partial charge in [0.1, 0.15) is 0 Å². The van der Waals surface area contributed by atoms with Crippen LogP contribution in [0.1, 0.15) is 48.9 Å². The highest BCUT2D eigenvalue weighted by Crippen LogP contribution is 2.37. The maximum Gasteiger partial charge on any atom is 0.264 e. The number of nitrogens with zero attached hydrogens (tertiary/aromatic N) is 2. The second-order valence-electron chi connectivity index (χ2n) is 8.20. The topological polar surface area (TPSA) is 57.7 Å². The Morgan fingerprint density at radius 2 is 1.73 bits per heavy atom. The molecule has 1 heterocycles. The third-order valence-corrected chi connectivity index (χ3v) is 8.56. The van der Waals surface area contributed by atoms with Gasteiger partial charge in [-0.1, -0.05) is 42.6 Å². The number of hydrogen-bond acceptors (Lipinski definition) is 3. The number of fused-ring (bicyclic) bond motifs is 1. The zero-order valence-corrected chi connectivity index (χ0v) is 18.7. The van der Waals surface area contributed by atoms with E-state index in [4.69, 9.17) is 11.6 Å². The van der Waals surface area contributed by atoms with E-state index in [0.717, 1.165) is 19.3 Å². The molecule has 1 amide bonds.